The van der Waals surface area contributed by atoms with Crippen molar-refractivity contribution in [3.63, 3.8) is 0 Å². The number of hydrogen-bond acceptors (Lipinski definition) is 2. The smallest absolute Gasteiger partial charge is 0.267 e. The number of nitrogens with zero attached hydrogens (tertiary/aromatic N) is 1. The molecule has 1 N–H and O–H groups in total. The lowest BCUT2D eigenvalue weighted by Gasteiger charge is -2.03. The number of nitrogens with one attached hydrogen (secondary N) is 1. The molecule has 0 heterocycles. The van der Waals surface area contributed by atoms with Crippen LogP contribution in [0.5, 0.6) is 0 Å². The van der Waals surface area contributed by atoms with Crippen molar-refractivity contribution in [2.45, 2.75) is 0 Å². The summed E-state index contributed by atoms with van der Waals surface area (Å²) in [5.41, 5.74) is 3.05. The molecule has 0 aliphatic heterocycles. The quantitative estimate of drug-likeness (QED) is 0.678. The van der Waals surface area contributed by atoms with Crippen molar-refractivity contribution in [3.8, 4) is 0 Å². The largest absolute Gasteiger partial charge is 0.272 e. The summed E-state index contributed by atoms with van der Waals surface area (Å²) < 4.78 is 12.9. The van der Waals surface area contributed by atoms with Crippen molar-refractivity contribution >= 4 is 35.3 Å². The fraction of sp³-hybridized carbons (Fsp3) is 0. The molecule has 0 unspecified atom stereocenters. The van der Waals surface area contributed by atoms with E-state index in [-0.39, 0.29) is 16.4 Å². The molecule has 0 saturated carbocycles. The highest BCUT2D eigenvalue weighted by molar-refractivity contribution is 6.35. The van der Waals surface area contributed by atoms with Crippen LogP contribution in [-0.2, 0) is 0 Å². The Morgan fingerprint density at radius 1 is 1.20 bits per heavy atom. The molecule has 1 amide bonds. The fourth-order valence-electron chi connectivity index (χ4n) is 1.48. The maximum atomic E-state index is 12.9. The Balaban J connectivity index is 2.07. The molecular weight excluding hydrogens is 302 g/mol. The minimum atomic E-state index is -0.495. The first-order chi connectivity index (χ1) is 9.56. The summed E-state index contributed by atoms with van der Waals surface area (Å²) in [6.45, 7) is 0. The van der Waals surface area contributed by atoms with Crippen LogP contribution in [0.2, 0.25) is 10.0 Å². The van der Waals surface area contributed by atoms with E-state index in [2.05, 4.69) is 10.5 Å². The molecule has 0 aliphatic rings. The lowest BCUT2D eigenvalue weighted by atomic mass is 10.2. The van der Waals surface area contributed by atoms with E-state index in [9.17, 15) is 9.18 Å². The van der Waals surface area contributed by atoms with Gasteiger partial charge in [0.15, 0.2) is 0 Å². The second kappa shape index (κ2) is 6.50. The maximum Gasteiger partial charge on any atom is 0.272 e. The summed E-state index contributed by atoms with van der Waals surface area (Å²) in [5.74, 6) is -0.872. The van der Waals surface area contributed by atoms with Gasteiger partial charge >= 0.3 is 0 Å². The molecule has 0 spiro atoms. The summed E-state index contributed by atoms with van der Waals surface area (Å²) in [6, 6.07) is 10.4. The maximum absolute atomic E-state index is 12.9. The van der Waals surface area contributed by atoms with Crippen LogP contribution < -0.4 is 5.43 Å². The van der Waals surface area contributed by atoms with Crippen LogP contribution in [0.4, 0.5) is 4.39 Å². The molecule has 6 heteroatoms. The predicted octanol–water partition coefficient (Wildman–Crippen LogP) is 3.90. The third-order valence-electron chi connectivity index (χ3n) is 2.40. The SMILES string of the molecule is O=C(N/N=C\c1cccc(F)c1)c1cc(Cl)ccc1Cl. The first-order valence-corrected chi connectivity index (χ1v) is 6.36. The fourth-order valence-corrected chi connectivity index (χ4v) is 1.86. The highest BCUT2D eigenvalue weighted by Crippen LogP contribution is 2.20. The molecule has 0 aliphatic carbocycles. The van der Waals surface area contributed by atoms with E-state index in [0.717, 1.165) is 0 Å². The number of amides is 1. The molecule has 0 bridgehead atoms. The van der Waals surface area contributed by atoms with Gasteiger partial charge in [-0.15, -0.1) is 0 Å². The van der Waals surface area contributed by atoms with Gasteiger partial charge in [0.05, 0.1) is 16.8 Å². The molecule has 20 heavy (non-hydrogen) atoms. The Morgan fingerprint density at radius 2 is 2.00 bits per heavy atom. The van der Waals surface area contributed by atoms with Gasteiger partial charge in [-0.1, -0.05) is 35.3 Å². The highest BCUT2D eigenvalue weighted by Gasteiger charge is 2.09. The average Bonchev–Trinajstić information content (AvgIpc) is 2.41. The Bertz CT molecular complexity index is 674. The summed E-state index contributed by atoms with van der Waals surface area (Å²) in [5, 5.41) is 4.40. The van der Waals surface area contributed by atoms with Gasteiger partial charge < -0.3 is 0 Å². The Hall–Kier alpha value is -1.91. The minimum Gasteiger partial charge on any atom is -0.267 e. The molecule has 0 saturated heterocycles. The van der Waals surface area contributed by atoms with Crippen LogP contribution in [0.25, 0.3) is 0 Å². The van der Waals surface area contributed by atoms with Gasteiger partial charge in [-0.25, -0.2) is 9.82 Å². The third kappa shape index (κ3) is 3.79. The van der Waals surface area contributed by atoms with Gasteiger partial charge in [0.2, 0.25) is 0 Å². The topological polar surface area (TPSA) is 41.5 Å². The highest BCUT2D eigenvalue weighted by atomic mass is 35.5. The van der Waals surface area contributed by atoms with Crippen molar-refractivity contribution in [2.75, 3.05) is 0 Å². The van der Waals surface area contributed by atoms with Crippen molar-refractivity contribution in [1.29, 1.82) is 0 Å². The van der Waals surface area contributed by atoms with Gasteiger partial charge in [-0.3, -0.25) is 4.79 Å². The summed E-state index contributed by atoms with van der Waals surface area (Å²) >= 11 is 11.7. The van der Waals surface area contributed by atoms with Gasteiger partial charge in [0.1, 0.15) is 5.82 Å². The number of rotatable bonds is 3. The molecule has 0 fully saturated rings. The number of halogens is 3. The van der Waals surface area contributed by atoms with E-state index in [1.54, 1.807) is 18.2 Å². The van der Waals surface area contributed by atoms with Gasteiger partial charge in [-0.05, 0) is 35.9 Å². The van der Waals surface area contributed by atoms with Gasteiger partial charge in [0.25, 0.3) is 5.91 Å². The number of carbonyl (C=O) groups is 1. The number of hydrogen-bond donors (Lipinski definition) is 1. The van der Waals surface area contributed by atoms with E-state index < -0.39 is 5.91 Å². The second-order valence-electron chi connectivity index (χ2n) is 3.88. The van der Waals surface area contributed by atoms with E-state index in [1.807, 2.05) is 0 Å². The zero-order chi connectivity index (χ0) is 14.5. The number of benzene rings is 2. The Morgan fingerprint density at radius 3 is 2.75 bits per heavy atom. The van der Waals surface area contributed by atoms with Crippen molar-refractivity contribution in [1.82, 2.24) is 5.43 Å². The van der Waals surface area contributed by atoms with E-state index in [1.165, 1.54) is 30.5 Å². The number of carbonyl (C=O) groups excluding carboxylic acids is 1. The summed E-state index contributed by atoms with van der Waals surface area (Å²) in [7, 11) is 0. The van der Waals surface area contributed by atoms with E-state index >= 15 is 0 Å². The summed E-state index contributed by atoms with van der Waals surface area (Å²) in [4.78, 5) is 11.8. The molecule has 0 atom stereocenters. The standard InChI is InChI=1S/C14H9Cl2FN2O/c15-10-4-5-13(16)12(7-10)14(20)19-18-8-9-2-1-3-11(17)6-9/h1-8H,(H,19,20)/b18-8-. The van der Waals surface area contributed by atoms with Crippen LogP contribution in [-0.4, -0.2) is 12.1 Å². The lowest BCUT2D eigenvalue weighted by Crippen LogP contribution is -2.18. The minimum absolute atomic E-state index is 0.218. The van der Waals surface area contributed by atoms with E-state index in [0.29, 0.717) is 10.6 Å². The average molecular weight is 311 g/mol. The Kier molecular flexibility index (Phi) is 4.71. The molecule has 2 rings (SSSR count). The third-order valence-corrected chi connectivity index (χ3v) is 2.97. The summed E-state index contributed by atoms with van der Waals surface area (Å²) in [6.07, 6.45) is 1.33. The van der Waals surface area contributed by atoms with Crippen LogP contribution in [0, 0.1) is 5.82 Å². The molecular formula is C14H9Cl2FN2O. The van der Waals surface area contributed by atoms with Crippen molar-refractivity contribution in [3.05, 3.63) is 69.5 Å². The van der Waals surface area contributed by atoms with Crippen LogP contribution in [0.3, 0.4) is 0 Å². The van der Waals surface area contributed by atoms with Crippen LogP contribution in [0.15, 0.2) is 47.6 Å². The molecule has 2 aromatic carbocycles. The van der Waals surface area contributed by atoms with Crippen LogP contribution >= 0.6 is 23.2 Å². The monoisotopic (exact) mass is 310 g/mol. The molecule has 0 radical (unpaired) electrons. The molecule has 0 aromatic heterocycles. The predicted molar refractivity (Wildman–Crippen MR) is 77.9 cm³/mol. The van der Waals surface area contributed by atoms with E-state index in [4.69, 9.17) is 23.2 Å². The first kappa shape index (κ1) is 14.5. The zero-order valence-electron chi connectivity index (χ0n) is 10.1. The van der Waals surface area contributed by atoms with Crippen molar-refractivity contribution < 1.29 is 9.18 Å². The first-order valence-electron chi connectivity index (χ1n) is 5.60. The molecule has 2 aromatic rings. The zero-order valence-corrected chi connectivity index (χ0v) is 11.6. The van der Waals surface area contributed by atoms with Gasteiger partial charge in [-0.2, -0.15) is 5.10 Å². The van der Waals surface area contributed by atoms with Crippen LogP contribution in [0.1, 0.15) is 15.9 Å². The van der Waals surface area contributed by atoms with Gasteiger partial charge in [0, 0.05) is 5.02 Å². The molecule has 3 nitrogen and oxygen atoms in total. The Labute approximate surface area is 125 Å². The normalized spacial score (nSPS) is 10.8. The van der Waals surface area contributed by atoms with Crippen molar-refractivity contribution in [2.24, 2.45) is 5.10 Å². The number of hydrazone groups is 1. The lowest BCUT2D eigenvalue weighted by molar-refractivity contribution is 0.0955. The molecule has 102 valence electrons. The second-order valence-corrected chi connectivity index (χ2v) is 4.72.